The third-order valence-corrected chi connectivity index (χ3v) is 9.36. The summed E-state index contributed by atoms with van der Waals surface area (Å²) < 4.78 is 141. The molecule has 10 aromatic rings. The standard InChI is InChI=1S/C45H27N3OS/c1-3-11-28(12-4-1)29-21-23-30(24-22-29)33-16-9-17-35-34-26-25-32(27-38(34)49-42(33)35)44-46-43(31-13-5-2-6-14-31)47-45(48-44)37-18-10-20-40-41(37)36-15-7-8-19-39(36)50-40/h1-27H/i1D,3D,4D,9D,11D,12D,16D,17D,21D,22D,23D,24D,25D,26D,27D. The number of hydrogen-bond donors (Lipinski definition) is 0. The Balaban J connectivity index is 1.25. The molecule has 0 atom stereocenters. The second-order valence-corrected chi connectivity index (χ2v) is 12.3. The first-order valence-electron chi connectivity index (χ1n) is 22.9. The lowest BCUT2D eigenvalue weighted by atomic mass is 9.99. The first-order chi connectivity index (χ1) is 31.0. The van der Waals surface area contributed by atoms with E-state index < -0.39 is 118 Å². The molecule has 0 aliphatic heterocycles. The van der Waals surface area contributed by atoms with Crippen molar-refractivity contribution in [2.45, 2.75) is 0 Å². The Labute approximate surface area is 313 Å². The van der Waals surface area contributed by atoms with E-state index in [0.29, 0.717) is 11.1 Å². The van der Waals surface area contributed by atoms with Gasteiger partial charge in [0.05, 0.1) is 20.6 Å². The molecule has 0 fully saturated rings. The largest absolute Gasteiger partial charge is 0.455 e. The third-order valence-electron chi connectivity index (χ3n) is 8.22. The van der Waals surface area contributed by atoms with Crippen molar-refractivity contribution >= 4 is 53.4 Å². The van der Waals surface area contributed by atoms with E-state index in [1.165, 1.54) is 0 Å². The summed E-state index contributed by atoms with van der Waals surface area (Å²) in [6, 6.07) is 11.9. The number of hydrogen-bond acceptors (Lipinski definition) is 5. The van der Waals surface area contributed by atoms with Crippen molar-refractivity contribution in [1.82, 2.24) is 15.0 Å². The summed E-state index contributed by atoms with van der Waals surface area (Å²) in [4.78, 5) is 14.5. The Morgan fingerprint density at radius 3 is 2.02 bits per heavy atom. The molecule has 5 heteroatoms. The van der Waals surface area contributed by atoms with E-state index in [0.717, 1.165) is 20.2 Å². The zero-order valence-corrected chi connectivity index (χ0v) is 26.4. The van der Waals surface area contributed by atoms with E-state index in [-0.39, 0.29) is 39.4 Å². The second kappa shape index (κ2) is 11.6. The summed E-state index contributed by atoms with van der Waals surface area (Å²) in [5.41, 5.74) is -2.02. The zero-order valence-electron chi connectivity index (χ0n) is 40.6. The minimum absolute atomic E-state index is 0.146. The molecule has 4 nitrogen and oxygen atoms in total. The number of rotatable bonds is 5. The predicted octanol–water partition coefficient (Wildman–Crippen LogP) is 12.5. The minimum atomic E-state index is -0.825. The van der Waals surface area contributed by atoms with E-state index in [1.807, 2.05) is 48.5 Å². The molecule has 0 aliphatic rings. The van der Waals surface area contributed by atoms with Crippen molar-refractivity contribution < 1.29 is 25.0 Å². The quantitative estimate of drug-likeness (QED) is 0.183. The van der Waals surface area contributed by atoms with Crippen molar-refractivity contribution in [2.75, 3.05) is 0 Å². The molecule has 0 spiro atoms. The van der Waals surface area contributed by atoms with Crippen molar-refractivity contribution in [3.8, 4) is 56.4 Å². The molecular weight excluding hydrogens is 631 g/mol. The van der Waals surface area contributed by atoms with Gasteiger partial charge in [0.15, 0.2) is 17.5 Å². The lowest BCUT2D eigenvalue weighted by Gasteiger charge is -2.09. The Hall–Kier alpha value is -6.43. The van der Waals surface area contributed by atoms with E-state index in [4.69, 9.17) is 35.8 Å². The van der Waals surface area contributed by atoms with Crippen LogP contribution in [0.15, 0.2) is 168 Å². The van der Waals surface area contributed by atoms with Crippen LogP contribution in [0.3, 0.4) is 0 Å². The Morgan fingerprint density at radius 1 is 0.460 bits per heavy atom. The maximum Gasteiger partial charge on any atom is 0.164 e. The summed E-state index contributed by atoms with van der Waals surface area (Å²) in [5, 5.41) is 1.31. The SMILES string of the molecule is [2H]c1c([2H])c([2H])c(-c2c([2H])c([2H])c(-c3c([2H])c([2H])c([2H])c4c3oc3c([2H])c(-c5nc(-c6ccccc6)nc(-c6cccc7sc8ccccc8c67)n5)c([2H])c([2H])c34)c([2H])c2[2H])c([2H])c1[2H]. The molecule has 0 N–H and O–H groups in total. The van der Waals surface area contributed by atoms with E-state index >= 15 is 0 Å². The number of nitrogens with zero attached hydrogens (tertiary/aromatic N) is 3. The number of benzene rings is 7. The van der Waals surface area contributed by atoms with Crippen molar-refractivity contribution in [1.29, 1.82) is 0 Å². The van der Waals surface area contributed by atoms with Gasteiger partial charge in [0.2, 0.25) is 0 Å². The van der Waals surface area contributed by atoms with E-state index in [1.54, 1.807) is 35.6 Å². The summed E-state index contributed by atoms with van der Waals surface area (Å²) >= 11 is 1.60. The smallest absolute Gasteiger partial charge is 0.164 e. The predicted molar refractivity (Wildman–Crippen MR) is 207 cm³/mol. The highest BCUT2D eigenvalue weighted by Gasteiger charge is 2.18. The first-order valence-corrected chi connectivity index (χ1v) is 16.2. The first kappa shape index (κ1) is 17.3. The molecule has 7 aromatic carbocycles. The number of fused-ring (bicyclic) bond motifs is 6. The van der Waals surface area contributed by atoms with Crippen molar-refractivity contribution in [2.24, 2.45) is 0 Å². The van der Waals surface area contributed by atoms with Gasteiger partial charge in [0.1, 0.15) is 11.2 Å². The van der Waals surface area contributed by atoms with Crippen molar-refractivity contribution in [3.05, 3.63) is 163 Å². The molecule has 10 rings (SSSR count). The van der Waals surface area contributed by atoms with Crippen LogP contribution in [-0.2, 0) is 0 Å². The maximum absolute atomic E-state index is 9.57. The number of thiophene rings is 1. The molecule has 0 amide bonds. The summed E-state index contributed by atoms with van der Waals surface area (Å²) in [5.74, 6) is 0.288. The average molecular weight is 673 g/mol. The van der Waals surface area contributed by atoms with Crippen LogP contribution in [0, 0.1) is 0 Å². The van der Waals surface area contributed by atoms with Gasteiger partial charge >= 0.3 is 0 Å². The highest BCUT2D eigenvalue weighted by atomic mass is 32.1. The third kappa shape index (κ3) is 4.79. The number of furan rings is 1. The van der Waals surface area contributed by atoms with Gasteiger partial charge in [0, 0.05) is 53.2 Å². The molecular formula is C45H27N3OS. The monoisotopic (exact) mass is 672 g/mol. The highest BCUT2D eigenvalue weighted by molar-refractivity contribution is 7.25. The molecule has 234 valence electrons. The lowest BCUT2D eigenvalue weighted by Crippen LogP contribution is -2.00. The van der Waals surface area contributed by atoms with Gasteiger partial charge in [0.25, 0.3) is 0 Å². The topological polar surface area (TPSA) is 51.8 Å². The van der Waals surface area contributed by atoms with E-state index in [2.05, 4.69) is 0 Å². The van der Waals surface area contributed by atoms with Gasteiger partial charge in [-0.15, -0.1) is 11.3 Å². The molecule has 50 heavy (non-hydrogen) atoms. The van der Waals surface area contributed by atoms with Crippen LogP contribution in [0.5, 0.6) is 0 Å². The molecule has 3 aromatic heterocycles. The maximum atomic E-state index is 9.57. The average Bonchev–Trinajstić information content (AvgIpc) is 3.90. The molecule has 3 heterocycles. The summed E-state index contributed by atoms with van der Waals surface area (Å²) in [6.45, 7) is 0. The Kier molecular flexibility index (Phi) is 4.02. The zero-order chi connectivity index (χ0) is 46.1. The second-order valence-electron chi connectivity index (χ2n) is 11.2. The fourth-order valence-corrected chi connectivity index (χ4v) is 7.06. The van der Waals surface area contributed by atoms with Crippen LogP contribution in [0.2, 0.25) is 0 Å². The van der Waals surface area contributed by atoms with Crippen LogP contribution in [0.25, 0.3) is 98.5 Å². The van der Waals surface area contributed by atoms with Gasteiger partial charge in [-0.3, -0.25) is 0 Å². The molecule has 0 unspecified atom stereocenters. The Morgan fingerprint density at radius 2 is 1.16 bits per heavy atom. The van der Waals surface area contributed by atoms with Crippen LogP contribution >= 0.6 is 11.3 Å². The van der Waals surface area contributed by atoms with E-state index in [9.17, 15) is 4.11 Å². The van der Waals surface area contributed by atoms with Gasteiger partial charge in [-0.25, -0.2) is 15.0 Å². The van der Waals surface area contributed by atoms with Gasteiger partial charge < -0.3 is 4.42 Å². The lowest BCUT2D eigenvalue weighted by molar-refractivity contribution is 0.670. The molecule has 0 saturated heterocycles. The van der Waals surface area contributed by atoms with Crippen molar-refractivity contribution in [3.63, 3.8) is 0 Å². The highest BCUT2D eigenvalue weighted by Crippen LogP contribution is 2.41. The van der Waals surface area contributed by atoms with Crippen LogP contribution < -0.4 is 0 Å². The van der Waals surface area contributed by atoms with Crippen LogP contribution in [-0.4, -0.2) is 15.0 Å². The minimum Gasteiger partial charge on any atom is -0.455 e. The molecule has 0 bridgehead atoms. The normalized spacial score (nSPS) is 15.8. The molecule has 0 aliphatic carbocycles. The Bertz CT molecular complexity index is 3680. The van der Waals surface area contributed by atoms with Crippen LogP contribution in [0.4, 0.5) is 0 Å². The van der Waals surface area contributed by atoms with Gasteiger partial charge in [-0.1, -0.05) is 139 Å². The number of para-hydroxylation sites is 1. The number of aromatic nitrogens is 3. The fourth-order valence-electron chi connectivity index (χ4n) is 5.93. The summed E-state index contributed by atoms with van der Waals surface area (Å²) in [7, 11) is 0. The molecule has 0 saturated carbocycles. The fraction of sp³-hybridized carbons (Fsp3) is 0. The van der Waals surface area contributed by atoms with Gasteiger partial charge in [-0.2, -0.15) is 0 Å². The van der Waals surface area contributed by atoms with Crippen LogP contribution in [0.1, 0.15) is 20.6 Å². The summed E-state index contributed by atoms with van der Waals surface area (Å²) in [6.07, 6.45) is 0. The van der Waals surface area contributed by atoms with Gasteiger partial charge in [-0.05, 0) is 40.9 Å². The molecule has 0 radical (unpaired) electrons.